The molecule has 7 heteroatoms. The van der Waals surface area contributed by atoms with Crippen molar-refractivity contribution in [2.75, 3.05) is 5.32 Å². The van der Waals surface area contributed by atoms with Gasteiger partial charge in [-0.25, -0.2) is 9.18 Å². The molecular weight excluding hydrogens is 383 g/mol. The van der Waals surface area contributed by atoms with Gasteiger partial charge in [-0.2, -0.15) is 0 Å². The van der Waals surface area contributed by atoms with E-state index in [1.165, 1.54) is 24.3 Å². The van der Waals surface area contributed by atoms with Gasteiger partial charge in [-0.15, -0.1) is 0 Å². The average molecular weight is 399 g/mol. The van der Waals surface area contributed by atoms with E-state index in [1.807, 2.05) is 24.3 Å². The van der Waals surface area contributed by atoms with Crippen molar-refractivity contribution in [1.29, 1.82) is 0 Å². The summed E-state index contributed by atoms with van der Waals surface area (Å²) < 4.78 is 13.3. The molecular formula is C21H16ClFN2O3. The summed E-state index contributed by atoms with van der Waals surface area (Å²) in [4.78, 5) is 27.3. The van der Waals surface area contributed by atoms with Gasteiger partial charge in [0.25, 0.3) is 0 Å². The van der Waals surface area contributed by atoms with Crippen LogP contribution in [0.15, 0.2) is 60.9 Å². The van der Waals surface area contributed by atoms with Gasteiger partial charge in [0.05, 0.1) is 17.4 Å². The van der Waals surface area contributed by atoms with Gasteiger partial charge < -0.3 is 10.4 Å². The number of carbonyl (C=O) groups is 2. The first kappa shape index (κ1) is 19.5. The molecule has 0 bridgehead atoms. The number of halogens is 2. The van der Waals surface area contributed by atoms with Crippen LogP contribution >= 0.6 is 11.6 Å². The first-order valence-electron chi connectivity index (χ1n) is 8.45. The van der Waals surface area contributed by atoms with E-state index in [1.54, 1.807) is 6.20 Å². The summed E-state index contributed by atoms with van der Waals surface area (Å²) in [6.45, 7) is 0. The van der Waals surface area contributed by atoms with Gasteiger partial charge in [-0.3, -0.25) is 9.78 Å². The number of nitrogens with one attached hydrogen (secondary N) is 1. The van der Waals surface area contributed by atoms with Crippen LogP contribution in [0.3, 0.4) is 0 Å². The van der Waals surface area contributed by atoms with Crippen LogP contribution in [0.4, 0.5) is 10.1 Å². The minimum Gasteiger partial charge on any atom is -0.478 e. The van der Waals surface area contributed by atoms with Gasteiger partial charge in [0, 0.05) is 23.2 Å². The molecule has 142 valence electrons. The predicted octanol–water partition coefficient (Wildman–Crippen LogP) is 4.81. The van der Waals surface area contributed by atoms with Gasteiger partial charge in [0.1, 0.15) is 5.82 Å². The second-order valence-electron chi connectivity index (χ2n) is 6.13. The molecule has 1 aromatic heterocycles. The standard InChI is InChI=1S/C21H16ClFN2O3/c22-16-6-7-18(21(27)28)19(10-16)25-20(26)8-3-13-1-4-14(5-2-13)15-9-17(23)12-24-11-15/h1-2,4-7,9-12H,3,8H2,(H,25,26)(H,27,28). The zero-order chi connectivity index (χ0) is 20.1. The topological polar surface area (TPSA) is 79.3 Å². The maximum atomic E-state index is 13.3. The molecule has 0 unspecified atom stereocenters. The quantitative estimate of drug-likeness (QED) is 0.624. The Balaban J connectivity index is 1.62. The number of hydrogen-bond acceptors (Lipinski definition) is 3. The monoisotopic (exact) mass is 398 g/mol. The summed E-state index contributed by atoms with van der Waals surface area (Å²) >= 11 is 5.88. The van der Waals surface area contributed by atoms with Crippen LogP contribution in [0.2, 0.25) is 5.02 Å². The highest BCUT2D eigenvalue weighted by atomic mass is 35.5. The van der Waals surface area contributed by atoms with Crippen molar-refractivity contribution in [1.82, 2.24) is 4.98 Å². The molecule has 2 aromatic carbocycles. The second kappa shape index (κ2) is 8.63. The highest BCUT2D eigenvalue weighted by Gasteiger charge is 2.13. The Labute approximate surface area is 165 Å². The average Bonchev–Trinajstić information content (AvgIpc) is 2.66. The van der Waals surface area contributed by atoms with Gasteiger partial charge in [-0.05, 0) is 41.8 Å². The molecule has 3 rings (SSSR count). The van der Waals surface area contributed by atoms with Gasteiger partial charge >= 0.3 is 5.97 Å². The third kappa shape index (κ3) is 4.92. The summed E-state index contributed by atoms with van der Waals surface area (Å²) in [5, 5.41) is 12.1. The van der Waals surface area contributed by atoms with Crippen molar-refractivity contribution < 1.29 is 19.1 Å². The summed E-state index contributed by atoms with van der Waals surface area (Å²) in [6, 6.07) is 13.0. The number of aromatic nitrogens is 1. The van der Waals surface area contributed by atoms with E-state index in [2.05, 4.69) is 10.3 Å². The van der Waals surface area contributed by atoms with E-state index in [4.69, 9.17) is 11.6 Å². The minimum atomic E-state index is -1.14. The normalized spacial score (nSPS) is 10.5. The van der Waals surface area contributed by atoms with Gasteiger partial charge in [-0.1, -0.05) is 35.9 Å². The van der Waals surface area contributed by atoms with E-state index in [-0.39, 0.29) is 23.6 Å². The number of nitrogens with zero attached hydrogens (tertiary/aromatic N) is 1. The fourth-order valence-electron chi connectivity index (χ4n) is 2.71. The summed E-state index contributed by atoms with van der Waals surface area (Å²) in [6.07, 6.45) is 3.37. The number of benzene rings is 2. The Morgan fingerprint density at radius 1 is 1.04 bits per heavy atom. The molecule has 0 radical (unpaired) electrons. The van der Waals surface area contributed by atoms with Crippen molar-refractivity contribution >= 4 is 29.2 Å². The largest absolute Gasteiger partial charge is 0.478 e. The van der Waals surface area contributed by atoms with E-state index in [9.17, 15) is 19.1 Å². The fraction of sp³-hybridized carbons (Fsp3) is 0.0952. The Morgan fingerprint density at radius 3 is 2.46 bits per heavy atom. The molecule has 5 nitrogen and oxygen atoms in total. The van der Waals surface area contributed by atoms with Crippen molar-refractivity contribution in [3.05, 3.63) is 82.9 Å². The van der Waals surface area contributed by atoms with Crippen LogP contribution in [0.5, 0.6) is 0 Å². The third-order valence-corrected chi connectivity index (χ3v) is 4.35. The Morgan fingerprint density at radius 2 is 1.79 bits per heavy atom. The number of carboxylic acid groups (broad SMARTS) is 1. The molecule has 0 saturated carbocycles. The number of aryl methyl sites for hydroxylation is 1. The maximum absolute atomic E-state index is 13.3. The van der Waals surface area contributed by atoms with Crippen LogP contribution in [-0.4, -0.2) is 22.0 Å². The van der Waals surface area contributed by atoms with Crippen LogP contribution in [0.1, 0.15) is 22.3 Å². The third-order valence-electron chi connectivity index (χ3n) is 4.12. The number of amides is 1. The Hall–Kier alpha value is -3.25. The van der Waals surface area contributed by atoms with Crippen molar-refractivity contribution in [3.8, 4) is 11.1 Å². The molecule has 0 aliphatic heterocycles. The zero-order valence-corrected chi connectivity index (χ0v) is 15.4. The number of aromatic carboxylic acids is 1. The number of rotatable bonds is 6. The molecule has 0 spiro atoms. The van der Waals surface area contributed by atoms with Crippen LogP contribution in [0, 0.1) is 5.82 Å². The molecule has 0 atom stereocenters. The first-order valence-corrected chi connectivity index (χ1v) is 8.83. The fourth-order valence-corrected chi connectivity index (χ4v) is 2.88. The molecule has 1 heterocycles. The van der Waals surface area contributed by atoms with Crippen molar-refractivity contribution in [3.63, 3.8) is 0 Å². The molecule has 0 fully saturated rings. The van der Waals surface area contributed by atoms with Gasteiger partial charge in [0.15, 0.2) is 0 Å². The summed E-state index contributed by atoms with van der Waals surface area (Å²) in [7, 11) is 0. The number of hydrogen-bond donors (Lipinski definition) is 2. The minimum absolute atomic E-state index is 0.0224. The zero-order valence-electron chi connectivity index (χ0n) is 14.7. The van der Waals surface area contributed by atoms with E-state index in [0.717, 1.165) is 17.3 Å². The number of pyridine rings is 1. The predicted molar refractivity (Wildman–Crippen MR) is 105 cm³/mol. The highest BCUT2D eigenvalue weighted by Crippen LogP contribution is 2.22. The van der Waals surface area contributed by atoms with Crippen molar-refractivity contribution in [2.24, 2.45) is 0 Å². The molecule has 0 saturated heterocycles. The number of anilines is 1. The molecule has 2 N–H and O–H groups in total. The molecule has 1 amide bonds. The second-order valence-corrected chi connectivity index (χ2v) is 6.57. The SMILES string of the molecule is O=C(CCc1ccc(-c2cncc(F)c2)cc1)Nc1cc(Cl)ccc1C(=O)O. The summed E-state index contributed by atoms with van der Waals surface area (Å²) in [5.74, 6) is -1.86. The number of carboxylic acids is 1. The van der Waals surface area contributed by atoms with E-state index >= 15 is 0 Å². The van der Waals surface area contributed by atoms with Crippen molar-refractivity contribution in [2.45, 2.75) is 12.8 Å². The highest BCUT2D eigenvalue weighted by molar-refractivity contribution is 6.31. The molecule has 3 aromatic rings. The number of carbonyl (C=O) groups excluding carboxylic acids is 1. The Kier molecular flexibility index (Phi) is 6.01. The van der Waals surface area contributed by atoms with E-state index in [0.29, 0.717) is 17.0 Å². The van der Waals surface area contributed by atoms with Crippen LogP contribution in [0.25, 0.3) is 11.1 Å². The van der Waals surface area contributed by atoms with E-state index < -0.39 is 11.8 Å². The lowest BCUT2D eigenvalue weighted by Crippen LogP contribution is -2.15. The lowest BCUT2D eigenvalue weighted by Gasteiger charge is -2.09. The summed E-state index contributed by atoms with van der Waals surface area (Å²) in [5.41, 5.74) is 2.56. The maximum Gasteiger partial charge on any atom is 0.337 e. The van der Waals surface area contributed by atoms with Crippen LogP contribution in [-0.2, 0) is 11.2 Å². The molecule has 0 aliphatic carbocycles. The lowest BCUT2D eigenvalue weighted by atomic mass is 10.0. The molecule has 28 heavy (non-hydrogen) atoms. The smallest absolute Gasteiger partial charge is 0.337 e. The Bertz CT molecular complexity index is 1020. The van der Waals surface area contributed by atoms with Crippen LogP contribution < -0.4 is 5.32 Å². The first-order chi connectivity index (χ1) is 13.4. The molecule has 0 aliphatic rings. The lowest BCUT2D eigenvalue weighted by molar-refractivity contribution is -0.116. The van der Waals surface area contributed by atoms with Gasteiger partial charge in [0.2, 0.25) is 5.91 Å².